The molecule has 0 spiro atoms. The van der Waals surface area contributed by atoms with E-state index >= 15 is 0 Å². The van der Waals surface area contributed by atoms with Gasteiger partial charge in [-0.15, -0.1) is 10.2 Å². The zero-order chi connectivity index (χ0) is 13.8. The summed E-state index contributed by atoms with van der Waals surface area (Å²) in [6, 6.07) is 8.07. The highest BCUT2D eigenvalue weighted by molar-refractivity contribution is 5.94. The van der Waals surface area contributed by atoms with Crippen LogP contribution >= 0.6 is 0 Å². The molecule has 0 aliphatic heterocycles. The number of hydrogen-bond donors (Lipinski definition) is 3. The summed E-state index contributed by atoms with van der Waals surface area (Å²) in [5.74, 6) is -1.43. The standard InChI is InChI=1S/C11H8N4O4/c16-8(6-4-2-1-3-5-6)15-14-7-9(17)12-11(19)13-10(7)18/h1-5H,(H3,12,13,17,18,19). The Morgan fingerprint density at radius 2 is 1.79 bits per heavy atom. The van der Waals surface area contributed by atoms with Gasteiger partial charge >= 0.3 is 5.69 Å². The zero-order valence-electron chi connectivity index (χ0n) is 9.45. The largest absolute Gasteiger partial charge is 0.493 e. The number of H-pyrrole nitrogens is 2. The number of hydrogen-bond acceptors (Lipinski definition) is 5. The van der Waals surface area contributed by atoms with Crippen molar-refractivity contribution in [3.05, 3.63) is 56.7 Å². The molecule has 1 aromatic carbocycles. The Bertz CT molecular complexity index is 745. The minimum Gasteiger partial charge on any atom is -0.493 e. The molecule has 0 atom stereocenters. The van der Waals surface area contributed by atoms with Crippen molar-refractivity contribution in [2.24, 2.45) is 10.2 Å². The molecule has 19 heavy (non-hydrogen) atoms. The van der Waals surface area contributed by atoms with Crippen LogP contribution in [0.3, 0.4) is 0 Å². The van der Waals surface area contributed by atoms with Crippen LogP contribution in [0.5, 0.6) is 5.88 Å². The highest BCUT2D eigenvalue weighted by Crippen LogP contribution is 2.16. The first kappa shape index (κ1) is 12.4. The molecule has 96 valence electrons. The molecule has 8 nitrogen and oxygen atoms in total. The molecule has 1 amide bonds. The third kappa shape index (κ3) is 2.80. The molecule has 2 rings (SSSR count). The number of amides is 1. The summed E-state index contributed by atoms with van der Waals surface area (Å²) in [4.78, 5) is 37.5. The molecule has 0 saturated carbocycles. The lowest BCUT2D eigenvalue weighted by Gasteiger charge is -1.95. The van der Waals surface area contributed by atoms with E-state index in [2.05, 4.69) is 10.2 Å². The van der Waals surface area contributed by atoms with Gasteiger partial charge in [0.25, 0.3) is 11.5 Å². The Morgan fingerprint density at radius 1 is 1.11 bits per heavy atom. The molecule has 1 aromatic heterocycles. The fraction of sp³-hybridized carbons (Fsp3) is 0. The van der Waals surface area contributed by atoms with Gasteiger partial charge in [0.05, 0.1) is 0 Å². The molecule has 3 N–H and O–H groups in total. The van der Waals surface area contributed by atoms with Crippen molar-refractivity contribution in [2.75, 3.05) is 0 Å². The molecule has 0 aliphatic carbocycles. The maximum absolute atomic E-state index is 11.6. The van der Waals surface area contributed by atoms with Gasteiger partial charge in [-0.3, -0.25) is 19.6 Å². The van der Waals surface area contributed by atoms with Gasteiger partial charge in [-0.25, -0.2) is 4.79 Å². The molecule has 0 bridgehead atoms. The number of benzene rings is 1. The SMILES string of the molecule is O=C(N=Nc1c(O)[nH]c(=O)[nH]c1=O)c1ccccc1. The summed E-state index contributed by atoms with van der Waals surface area (Å²) in [7, 11) is 0. The summed E-state index contributed by atoms with van der Waals surface area (Å²) in [6.07, 6.45) is 0. The predicted molar refractivity (Wildman–Crippen MR) is 64.6 cm³/mol. The van der Waals surface area contributed by atoms with Crippen molar-refractivity contribution in [2.45, 2.75) is 0 Å². The fourth-order valence-corrected chi connectivity index (χ4v) is 1.29. The van der Waals surface area contributed by atoms with Gasteiger partial charge in [0.1, 0.15) is 0 Å². The van der Waals surface area contributed by atoms with E-state index < -0.39 is 28.7 Å². The molecule has 2 aromatic rings. The number of rotatable bonds is 2. The van der Waals surface area contributed by atoms with Gasteiger partial charge in [-0.05, 0) is 12.1 Å². The molecule has 8 heteroatoms. The molecular weight excluding hydrogens is 252 g/mol. The van der Waals surface area contributed by atoms with Gasteiger partial charge in [0, 0.05) is 5.56 Å². The van der Waals surface area contributed by atoms with Crippen molar-refractivity contribution in [1.82, 2.24) is 9.97 Å². The quantitative estimate of drug-likeness (QED) is 0.686. The molecule has 0 unspecified atom stereocenters. The van der Waals surface area contributed by atoms with Crippen LogP contribution in [0.25, 0.3) is 0 Å². The molecular formula is C11H8N4O4. The normalized spacial score (nSPS) is 10.7. The molecule has 0 radical (unpaired) electrons. The second-order valence-electron chi connectivity index (χ2n) is 3.48. The van der Waals surface area contributed by atoms with Gasteiger partial charge in [0.15, 0.2) is 0 Å². The Hall–Kier alpha value is -3.03. The van der Waals surface area contributed by atoms with Gasteiger partial charge in [-0.2, -0.15) is 0 Å². The molecule has 0 fully saturated rings. The highest BCUT2D eigenvalue weighted by atomic mass is 16.3. The van der Waals surface area contributed by atoms with Crippen LogP contribution in [0, 0.1) is 0 Å². The van der Waals surface area contributed by atoms with E-state index in [0.29, 0.717) is 0 Å². The van der Waals surface area contributed by atoms with Crippen molar-refractivity contribution in [3.8, 4) is 5.88 Å². The monoisotopic (exact) mass is 260 g/mol. The van der Waals surface area contributed by atoms with Gasteiger partial charge < -0.3 is 5.11 Å². The lowest BCUT2D eigenvalue weighted by Crippen LogP contribution is -2.21. The Kier molecular flexibility index (Phi) is 3.33. The second-order valence-corrected chi connectivity index (χ2v) is 3.48. The number of aromatic nitrogens is 2. The van der Waals surface area contributed by atoms with E-state index in [0.717, 1.165) is 0 Å². The number of azo groups is 1. The number of aromatic hydroxyl groups is 1. The van der Waals surface area contributed by atoms with Crippen LogP contribution in [0.2, 0.25) is 0 Å². The van der Waals surface area contributed by atoms with Crippen LogP contribution in [-0.2, 0) is 0 Å². The number of carbonyl (C=O) groups is 1. The van der Waals surface area contributed by atoms with E-state index in [9.17, 15) is 19.5 Å². The summed E-state index contributed by atoms with van der Waals surface area (Å²) in [5.41, 5.74) is -2.07. The number of nitrogens with one attached hydrogen (secondary N) is 2. The summed E-state index contributed by atoms with van der Waals surface area (Å²) in [5, 5.41) is 15.9. The number of nitrogens with zero attached hydrogens (tertiary/aromatic N) is 2. The van der Waals surface area contributed by atoms with E-state index in [1.165, 1.54) is 12.1 Å². The summed E-state index contributed by atoms with van der Waals surface area (Å²) in [6.45, 7) is 0. The topological polar surface area (TPSA) is 128 Å². The lowest BCUT2D eigenvalue weighted by atomic mass is 10.2. The first-order valence-electron chi connectivity index (χ1n) is 5.14. The van der Waals surface area contributed by atoms with E-state index in [-0.39, 0.29) is 5.56 Å². The molecule has 0 aliphatic rings. The minimum atomic E-state index is -0.939. The van der Waals surface area contributed by atoms with Gasteiger partial charge in [-0.1, -0.05) is 18.2 Å². The van der Waals surface area contributed by atoms with E-state index in [1.54, 1.807) is 18.2 Å². The predicted octanol–water partition coefficient (Wildman–Crippen LogP) is 0.693. The number of carbonyl (C=O) groups excluding carboxylic acids is 1. The maximum Gasteiger partial charge on any atom is 0.328 e. The third-order valence-corrected chi connectivity index (χ3v) is 2.16. The number of aromatic amines is 2. The Labute approximate surface area is 105 Å². The molecule has 1 heterocycles. The Morgan fingerprint density at radius 3 is 2.42 bits per heavy atom. The van der Waals surface area contributed by atoms with Crippen LogP contribution in [0.4, 0.5) is 5.69 Å². The van der Waals surface area contributed by atoms with Crippen LogP contribution < -0.4 is 11.2 Å². The smallest absolute Gasteiger partial charge is 0.328 e. The van der Waals surface area contributed by atoms with Gasteiger partial charge in [0.2, 0.25) is 11.6 Å². The van der Waals surface area contributed by atoms with Crippen molar-refractivity contribution >= 4 is 11.6 Å². The average Bonchev–Trinajstić information content (AvgIpc) is 2.38. The lowest BCUT2D eigenvalue weighted by molar-refractivity contribution is 0.0995. The van der Waals surface area contributed by atoms with Crippen LogP contribution in [-0.4, -0.2) is 21.0 Å². The molecule has 0 saturated heterocycles. The van der Waals surface area contributed by atoms with Crippen molar-refractivity contribution in [3.63, 3.8) is 0 Å². The first-order valence-corrected chi connectivity index (χ1v) is 5.14. The summed E-state index contributed by atoms with van der Waals surface area (Å²) < 4.78 is 0. The van der Waals surface area contributed by atoms with Crippen molar-refractivity contribution < 1.29 is 9.90 Å². The fourth-order valence-electron chi connectivity index (χ4n) is 1.29. The van der Waals surface area contributed by atoms with Crippen LogP contribution in [0.15, 0.2) is 50.1 Å². The first-order chi connectivity index (χ1) is 9.08. The second kappa shape index (κ2) is 5.08. The maximum atomic E-state index is 11.6. The third-order valence-electron chi connectivity index (χ3n) is 2.16. The van der Waals surface area contributed by atoms with E-state index in [1.807, 2.05) is 9.97 Å². The van der Waals surface area contributed by atoms with E-state index in [4.69, 9.17) is 0 Å². The highest BCUT2D eigenvalue weighted by Gasteiger charge is 2.09. The minimum absolute atomic E-state index is 0.284. The van der Waals surface area contributed by atoms with Crippen LogP contribution in [0.1, 0.15) is 10.4 Å². The van der Waals surface area contributed by atoms with Crippen molar-refractivity contribution in [1.29, 1.82) is 0 Å². The Balaban J connectivity index is 2.32. The zero-order valence-corrected chi connectivity index (χ0v) is 9.45. The summed E-state index contributed by atoms with van der Waals surface area (Å²) >= 11 is 0. The average molecular weight is 260 g/mol.